The highest BCUT2D eigenvalue weighted by molar-refractivity contribution is 5.89. The van der Waals surface area contributed by atoms with Crippen LogP contribution < -0.4 is 16.0 Å². The molecule has 0 aliphatic heterocycles. The number of H-pyrrole nitrogens is 1. The standard InChI is InChI=1S/C21H24N4O/c1-14(23-13-16-3-2-4-20-19(16)11-12-22-20)15-5-7-17(8-6-15)24-21(26)25-18-9-10-18/h2-8,11-12,14,18,22-23H,9-10,13H2,1H3,(H2,24,25,26). The Labute approximate surface area is 153 Å². The van der Waals surface area contributed by atoms with Crippen LogP contribution >= 0.6 is 0 Å². The first-order valence-electron chi connectivity index (χ1n) is 9.15. The Kier molecular flexibility index (Phi) is 4.63. The van der Waals surface area contributed by atoms with E-state index in [1.165, 1.54) is 16.5 Å². The lowest BCUT2D eigenvalue weighted by molar-refractivity contribution is 0.251. The van der Waals surface area contributed by atoms with Crippen molar-refractivity contribution in [3.8, 4) is 0 Å². The molecule has 26 heavy (non-hydrogen) atoms. The van der Waals surface area contributed by atoms with Gasteiger partial charge >= 0.3 is 6.03 Å². The zero-order chi connectivity index (χ0) is 17.9. The van der Waals surface area contributed by atoms with Gasteiger partial charge in [-0.3, -0.25) is 0 Å². The minimum Gasteiger partial charge on any atom is -0.361 e. The molecule has 0 bridgehead atoms. The van der Waals surface area contributed by atoms with Crippen molar-refractivity contribution in [1.82, 2.24) is 15.6 Å². The van der Waals surface area contributed by atoms with Gasteiger partial charge in [0.1, 0.15) is 0 Å². The summed E-state index contributed by atoms with van der Waals surface area (Å²) in [5.41, 5.74) is 4.46. The number of amides is 2. The van der Waals surface area contributed by atoms with E-state index in [4.69, 9.17) is 0 Å². The third-order valence-electron chi connectivity index (χ3n) is 4.87. The minimum atomic E-state index is -0.119. The minimum absolute atomic E-state index is 0.119. The third kappa shape index (κ3) is 3.89. The summed E-state index contributed by atoms with van der Waals surface area (Å²) in [4.78, 5) is 15.0. The first kappa shape index (κ1) is 16.7. The molecule has 134 valence electrons. The van der Waals surface area contributed by atoms with Crippen molar-refractivity contribution in [3.05, 3.63) is 65.9 Å². The summed E-state index contributed by atoms with van der Waals surface area (Å²) in [7, 11) is 0. The van der Waals surface area contributed by atoms with Crippen molar-refractivity contribution < 1.29 is 4.79 Å². The van der Waals surface area contributed by atoms with Crippen LogP contribution in [0.3, 0.4) is 0 Å². The maximum atomic E-state index is 11.8. The van der Waals surface area contributed by atoms with Crippen LogP contribution in [-0.2, 0) is 6.54 Å². The predicted octanol–water partition coefficient (Wildman–Crippen LogP) is 4.30. The van der Waals surface area contributed by atoms with Crippen LogP contribution in [0, 0.1) is 0 Å². The van der Waals surface area contributed by atoms with E-state index in [2.05, 4.69) is 64.3 Å². The van der Waals surface area contributed by atoms with Crippen LogP contribution in [0.15, 0.2) is 54.7 Å². The molecule has 1 heterocycles. The van der Waals surface area contributed by atoms with E-state index in [9.17, 15) is 4.79 Å². The lowest BCUT2D eigenvalue weighted by Gasteiger charge is -2.16. The highest BCUT2D eigenvalue weighted by Gasteiger charge is 2.23. The molecule has 1 aromatic heterocycles. The van der Waals surface area contributed by atoms with E-state index >= 15 is 0 Å². The lowest BCUT2D eigenvalue weighted by atomic mass is 10.1. The number of benzene rings is 2. The highest BCUT2D eigenvalue weighted by Crippen LogP contribution is 2.21. The van der Waals surface area contributed by atoms with Gasteiger partial charge in [0.25, 0.3) is 0 Å². The summed E-state index contributed by atoms with van der Waals surface area (Å²) in [5.74, 6) is 0. The fraction of sp³-hybridized carbons (Fsp3) is 0.286. The molecule has 0 radical (unpaired) electrons. The maximum absolute atomic E-state index is 11.8. The molecule has 2 aromatic carbocycles. The summed E-state index contributed by atoms with van der Waals surface area (Å²) in [6.07, 6.45) is 4.15. The Bertz CT molecular complexity index is 896. The summed E-state index contributed by atoms with van der Waals surface area (Å²) in [6, 6.07) is 16.9. The van der Waals surface area contributed by atoms with Crippen molar-refractivity contribution in [2.45, 2.75) is 38.4 Å². The third-order valence-corrected chi connectivity index (χ3v) is 4.87. The number of urea groups is 1. The second-order valence-corrected chi connectivity index (χ2v) is 6.95. The molecule has 1 aliphatic carbocycles. The molecule has 1 atom stereocenters. The average Bonchev–Trinajstić information content (AvgIpc) is 3.32. The van der Waals surface area contributed by atoms with E-state index in [1.807, 2.05) is 18.3 Å². The number of fused-ring (bicyclic) bond motifs is 1. The number of rotatable bonds is 6. The molecule has 1 saturated carbocycles. The Morgan fingerprint density at radius 1 is 1.15 bits per heavy atom. The molecule has 0 saturated heterocycles. The Hall–Kier alpha value is -2.79. The van der Waals surface area contributed by atoms with Gasteiger partial charge < -0.3 is 20.9 Å². The van der Waals surface area contributed by atoms with Crippen LogP contribution in [0.5, 0.6) is 0 Å². The topological polar surface area (TPSA) is 69.0 Å². The average molecular weight is 348 g/mol. The van der Waals surface area contributed by atoms with Gasteiger partial charge in [-0.2, -0.15) is 0 Å². The van der Waals surface area contributed by atoms with Crippen LogP contribution in [0.25, 0.3) is 10.9 Å². The smallest absolute Gasteiger partial charge is 0.319 e. The Balaban J connectivity index is 1.34. The number of carbonyl (C=O) groups excluding carboxylic acids is 1. The monoisotopic (exact) mass is 348 g/mol. The second-order valence-electron chi connectivity index (χ2n) is 6.95. The van der Waals surface area contributed by atoms with Crippen molar-refractivity contribution in [2.24, 2.45) is 0 Å². The van der Waals surface area contributed by atoms with Crippen LogP contribution in [0.1, 0.15) is 36.9 Å². The summed E-state index contributed by atoms with van der Waals surface area (Å²) >= 11 is 0. The molecule has 3 aromatic rings. The number of aromatic nitrogens is 1. The molecule has 2 amide bonds. The number of nitrogens with one attached hydrogen (secondary N) is 4. The fourth-order valence-electron chi connectivity index (χ4n) is 3.12. The maximum Gasteiger partial charge on any atom is 0.319 e. The van der Waals surface area contributed by atoms with Crippen molar-refractivity contribution in [1.29, 1.82) is 0 Å². The zero-order valence-corrected chi connectivity index (χ0v) is 14.9. The quantitative estimate of drug-likeness (QED) is 0.536. The number of carbonyl (C=O) groups is 1. The zero-order valence-electron chi connectivity index (χ0n) is 14.9. The number of hydrogen-bond acceptors (Lipinski definition) is 2. The number of aromatic amines is 1. The number of hydrogen-bond donors (Lipinski definition) is 4. The van der Waals surface area contributed by atoms with Crippen molar-refractivity contribution >= 4 is 22.6 Å². The van der Waals surface area contributed by atoms with Gasteiger partial charge in [-0.15, -0.1) is 0 Å². The SMILES string of the molecule is CC(NCc1cccc2[nH]ccc12)c1ccc(NC(=O)NC2CC2)cc1. The largest absolute Gasteiger partial charge is 0.361 e. The van der Waals surface area contributed by atoms with Crippen molar-refractivity contribution in [3.63, 3.8) is 0 Å². The summed E-state index contributed by atoms with van der Waals surface area (Å²) in [6.45, 7) is 2.96. The fourth-order valence-corrected chi connectivity index (χ4v) is 3.12. The molecular weight excluding hydrogens is 324 g/mol. The molecule has 0 spiro atoms. The summed E-state index contributed by atoms with van der Waals surface area (Å²) < 4.78 is 0. The molecular formula is C21H24N4O. The number of anilines is 1. The van der Waals surface area contributed by atoms with Gasteiger partial charge in [0, 0.05) is 41.4 Å². The highest BCUT2D eigenvalue weighted by atomic mass is 16.2. The van der Waals surface area contributed by atoms with Gasteiger partial charge in [0.2, 0.25) is 0 Å². The summed E-state index contributed by atoms with van der Waals surface area (Å²) in [5, 5.41) is 10.6. The molecule has 5 heteroatoms. The lowest BCUT2D eigenvalue weighted by Crippen LogP contribution is -2.30. The van der Waals surface area contributed by atoms with E-state index in [0.29, 0.717) is 6.04 Å². The van der Waals surface area contributed by atoms with E-state index in [0.717, 1.165) is 30.6 Å². The van der Waals surface area contributed by atoms with E-state index in [-0.39, 0.29) is 12.1 Å². The molecule has 4 N–H and O–H groups in total. The van der Waals surface area contributed by atoms with Gasteiger partial charge in [-0.25, -0.2) is 4.79 Å². The van der Waals surface area contributed by atoms with Gasteiger partial charge in [0.15, 0.2) is 0 Å². The first-order valence-corrected chi connectivity index (χ1v) is 9.15. The normalized spacial score (nSPS) is 15.0. The van der Waals surface area contributed by atoms with Gasteiger partial charge in [-0.1, -0.05) is 24.3 Å². The van der Waals surface area contributed by atoms with Crippen molar-refractivity contribution in [2.75, 3.05) is 5.32 Å². The molecule has 1 aliphatic rings. The van der Waals surface area contributed by atoms with Crippen LogP contribution in [-0.4, -0.2) is 17.1 Å². The van der Waals surface area contributed by atoms with Gasteiger partial charge in [0.05, 0.1) is 0 Å². The van der Waals surface area contributed by atoms with Crippen LogP contribution in [0.2, 0.25) is 0 Å². The Morgan fingerprint density at radius 2 is 1.96 bits per heavy atom. The molecule has 1 unspecified atom stereocenters. The molecule has 1 fully saturated rings. The Morgan fingerprint density at radius 3 is 2.73 bits per heavy atom. The van der Waals surface area contributed by atoms with E-state index in [1.54, 1.807) is 0 Å². The van der Waals surface area contributed by atoms with Gasteiger partial charge in [-0.05, 0) is 55.2 Å². The molecule has 5 nitrogen and oxygen atoms in total. The first-order chi connectivity index (χ1) is 12.7. The predicted molar refractivity (Wildman–Crippen MR) is 105 cm³/mol. The molecule has 4 rings (SSSR count). The van der Waals surface area contributed by atoms with Crippen LogP contribution in [0.4, 0.5) is 10.5 Å². The van der Waals surface area contributed by atoms with E-state index < -0.39 is 0 Å². The second kappa shape index (κ2) is 7.22.